The zero-order chi connectivity index (χ0) is 20.6. The molecular formula is C17H12F3N3O4S. The number of carbonyl (C=O) groups is 2. The molecule has 2 N–H and O–H groups in total. The summed E-state index contributed by atoms with van der Waals surface area (Å²) in [5.74, 6) is -1.91. The second-order valence-electron chi connectivity index (χ2n) is 5.85. The Hall–Kier alpha value is -3.21. The zero-order valence-electron chi connectivity index (χ0n) is 14.2. The van der Waals surface area contributed by atoms with E-state index in [1.165, 1.54) is 13.0 Å². The molecule has 0 bridgehead atoms. The lowest BCUT2D eigenvalue weighted by Crippen LogP contribution is -2.28. The number of aromatic nitrogens is 2. The fourth-order valence-electron chi connectivity index (χ4n) is 2.60. The Morgan fingerprint density at radius 2 is 2.04 bits per heavy atom. The Bertz CT molecular complexity index is 1150. The first-order valence-electron chi connectivity index (χ1n) is 7.77. The highest BCUT2D eigenvalue weighted by Crippen LogP contribution is 2.30. The number of hydrogen-bond donors (Lipinski definition) is 2. The van der Waals surface area contributed by atoms with Crippen LogP contribution in [-0.4, -0.2) is 26.5 Å². The molecule has 0 spiro atoms. The van der Waals surface area contributed by atoms with Crippen LogP contribution in [0.4, 0.5) is 18.9 Å². The van der Waals surface area contributed by atoms with Gasteiger partial charge in [0.25, 0.3) is 5.56 Å². The van der Waals surface area contributed by atoms with Crippen LogP contribution in [0.15, 0.2) is 35.4 Å². The second kappa shape index (κ2) is 7.08. The van der Waals surface area contributed by atoms with Crippen molar-refractivity contribution in [2.24, 2.45) is 0 Å². The minimum atomic E-state index is -4.55. The number of fused-ring (bicyclic) bond motifs is 1. The third kappa shape index (κ3) is 3.74. The van der Waals surface area contributed by atoms with Crippen molar-refractivity contribution in [1.29, 1.82) is 0 Å². The summed E-state index contributed by atoms with van der Waals surface area (Å²) >= 11 is 0.849. The summed E-state index contributed by atoms with van der Waals surface area (Å²) in [6.45, 7) is 0.980. The lowest BCUT2D eigenvalue weighted by atomic mass is 10.2. The van der Waals surface area contributed by atoms with Crippen molar-refractivity contribution in [2.45, 2.75) is 19.6 Å². The number of hydrogen-bond acceptors (Lipinski definition) is 5. The number of carboxylic acid groups (broad SMARTS) is 1. The maximum absolute atomic E-state index is 12.7. The summed E-state index contributed by atoms with van der Waals surface area (Å²) in [5, 5.41) is 11.5. The standard InChI is InChI=1S/C17H12F3N3O4S/c1-8-12-14(28-13(8)16(26)27)21-7-23(15(12)25)6-11(24)22-10-4-2-3-9(5-10)17(18,19)20/h2-5,7H,6H2,1H3,(H,22,24)(H,26,27). The Morgan fingerprint density at radius 3 is 2.68 bits per heavy atom. The number of benzene rings is 1. The molecule has 0 unspecified atom stereocenters. The lowest BCUT2D eigenvalue weighted by Gasteiger charge is -2.10. The van der Waals surface area contributed by atoms with E-state index in [-0.39, 0.29) is 26.3 Å². The van der Waals surface area contributed by atoms with Gasteiger partial charge in [-0.1, -0.05) is 6.07 Å². The average molecular weight is 411 g/mol. The van der Waals surface area contributed by atoms with Crippen LogP contribution in [0.3, 0.4) is 0 Å². The molecule has 1 aromatic carbocycles. The predicted octanol–water partition coefficient (Wildman–Crippen LogP) is 3.12. The quantitative estimate of drug-likeness (QED) is 0.687. The number of nitrogens with zero attached hydrogens (tertiary/aromatic N) is 2. The van der Waals surface area contributed by atoms with Gasteiger partial charge in [-0.2, -0.15) is 13.2 Å². The second-order valence-corrected chi connectivity index (χ2v) is 6.84. The molecule has 0 atom stereocenters. The van der Waals surface area contributed by atoms with Crippen LogP contribution >= 0.6 is 11.3 Å². The average Bonchev–Trinajstić information content (AvgIpc) is 2.94. The summed E-state index contributed by atoms with van der Waals surface area (Å²) < 4.78 is 39.2. The minimum absolute atomic E-state index is 0.0224. The lowest BCUT2D eigenvalue weighted by molar-refractivity contribution is -0.137. The van der Waals surface area contributed by atoms with Gasteiger partial charge in [0.05, 0.1) is 17.3 Å². The van der Waals surface area contributed by atoms with E-state index in [1.54, 1.807) is 0 Å². The smallest absolute Gasteiger partial charge is 0.416 e. The molecule has 1 amide bonds. The molecule has 11 heteroatoms. The summed E-state index contributed by atoms with van der Waals surface area (Å²) in [4.78, 5) is 40.1. The third-order valence-corrected chi connectivity index (χ3v) is 5.09. The highest BCUT2D eigenvalue weighted by molar-refractivity contribution is 7.20. The van der Waals surface area contributed by atoms with Crippen molar-refractivity contribution in [1.82, 2.24) is 9.55 Å². The molecule has 0 saturated carbocycles. The highest BCUT2D eigenvalue weighted by atomic mass is 32.1. The Labute approximate surface area is 159 Å². The molecule has 2 heterocycles. The van der Waals surface area contributed by atoms with Crippen LogP contribution in [0.2, 0.25) is 0 Å². The fraction of sp³-hybridized carbons (Fsp3) is 0.176. The van der Waals surface area contributed by atoms with Crippen LogP contribution < -0.4 is 10.9 Å². The molecule has 0 fully saturated rings. The predicted molar refractivity (Wildman–Crippen MR) is 95.7 cm³/mol. The molecule has 0 aliphatic rings. The molecule has 0 aliphatic heterocycles. The Kier molecular flexibility index (Phi) is 4.94. The van der Waals surface area contributed by atoms with Gasteiger partial charge in [-0.25, -0.2) is 9.78 Å². The number of aryl methyl sites for hydroxylation is 1. The third-order valence-electron chi connectivity index (χ3n) is 3.90. The number of thiophene rings is 1. The van der Waals surface area contributed by atoms with Gasteiger partial charge in [0, 0.05) is 5.69 Å². The van der Waals surface area contributed by atoms with E-state index >= 15 is 0 Å². The summed E-state index contributed by atoms with van der Waals surface area (Å²) in [6, 6.07) is 4.10. The number of rotatable bonds is 4. The minimum Gasteiger partial charge on any atom is -0.477 e. The summed E-state index contributed by atoms with van der Waals surface area (Å²) in [5.41, 5.74) is -1.34. The molecule has 2 aromatic heterocycles. The van der Waals surface area contributed by atoms with Crippen molar-refractivity contribution in [3.8, 4) is 0 Å². The SMILES string of the molecule is Cc1c(C(=O)O)sc2ncn(CC(=O)Nc3cccc(C(F)(F)F)c3)c(=O)c12. The number of amides is 1. The number of nitrogens with one attached hydrogen (secondary N) is 1. The van der Waals surface area contributed by atoms with E-state index in [9.17, 15) is 27.6 Å². The molecule has 3 aromatic rings. The highest BCUT2D eigenvalue weighted by Gasteiger charge is 2.30. The first kappa shape index (κ1) is 19.5. The number of carbonyl (C=O) groups excluding carboxylic acids is 1. The van der Waals surface area contributed by atoms with Crippen LogP contribution in [0, 0.1) is 6.92 Å². The van der Waals surface area contributed by atoms with Gasteiger partial charge in [-0.3, -0.25) is 14.2 Å². The van der Waals surface area contributed by atoms with Gasteiger partial charge in [-0.15, -0.1) is 11.3 Å². The molecule has 28 heavy (non-hydrogen) atoms. The molecule has 0 saturated heterocycles. The van der Waals surface area contributed by atoms with Crippen molar-refractivity contribution in [3.05, 3.63) is 57.0 Å². The van der Waals surface area contributed by atoms with E-state index in [0.29, 0.717) is 0 Å². The van der Waals surface area contributed by atoms with E-state index in [4.69, 9.17) is 5.11 Å². The van der Waals surface area contributed by atoms with Gasteiger partial charge in [0.15, 0.2) is 0 Å². The normalized spacial score (nSPS) is 11.6. The van der Waals surface area contributed by atoms with Gasteiger partial charge in [0.1, 0.15) is 16.3 Å². The van der Waals surface area contributed by atoms with Gasteiger partial charge < -0.3 is 10.4 Å². The molecule has 146 valence electrons. The van der Waals surface area contributed by atoms with Crippen molar-refractivity contribution >= 4 is 39.1 Å². The van der Waals surface area contributed by atoms with Crippen LogP contribution in [0.25, 0.3) is 10.2 Å². The fourth-order valence-corrected chi connectivity index (χ4v) is 3.58. The van der Waals surface area contributed by atoms with Crippen molar-refractivity contribution in [2.75, 3.05) is 5.32 Å². The maximum Gasteiger partial charge on any atom is 0.416 e. The van der Waals surface area contributed by atoms with Crippen LogP contribution in [0.1, 0.15) is 20.8 Å². The van der Waals surface area contributed by atoms with E-state index in [1.807, 2.05) is 0 Å². The Balaban J connectivity index is 1.86. The van der Waals surface area contributed by atoms with Gasteiger partial charge in [-0.05, 0) is 30.7 Å². The molecular weight excluding hydrogens is 399 g/mol. The van der Waals surface area contributed by atoms with E-state index in [0.717, 1.165) is 40.4 Å². The summed E-state index contributed by atoms with van der Waals surface area (Å²) in [7, 11) is 0. The molecule has 0 radical (unpaired) electrons. The van der Waals surface area contributed by atoms with Crippen molar-refractivity contribution < 1.29 is 27.9 Å². The monoisotopic (exact) mass is 411 g/mol. The first-order chi connectivity index (χ1) is 13.1. The van der Waals surface area contributed by atoms with Crippen molar-refractivity contribution in [3.63, 3.8) is 0 Å². The number of alkyl halides is 3. The first-order valence-corrected chi connectivity index (χ1v) is 8.58. The van der Waals surface area contributed by atoms with Crippen LogP contribution in [-0.2, 0) is 17.5 Å². The number of halogens is 3. The van der Waals surface area contributed by atoms with Crippen LogP contribution in [0.5, 0.6) is 0 Å². The largest absolute Gasteiger partial charge is 0.477 e. The molecule has 7 nitrogen and oxygen atoms in total. The Morgan fingerprint density at radius 1 is 1.32 bits per heavy atom. The van der Waals surface area contributed by atoms with Gasteiger partial charge >= 0.3 is 12.1 Å². The van der Waals surface area contributed by atoms with E-state index < -0.39 is 35.7 Å². The topological polar surface area (TPSA) is 101 Å². The number of aromatic carboxylic acids is 1. The molecule has 0 aliphatic carbocycles. The van der Waals surface area contributed by atoms with E-state index in [2.05, 4.69) is 10.3 Å². The zero-order valence-corrected chi connectivity index (χ0v) is 15.0. The number of anilines is 1. The summed E-state index contributed by atoms with van der Waals surface area (Å²) in [6.07, 6.45) is -3.46. The molecule has 3 rings (SSSR count). The van der Waals surface area contributed by atoms with Gasteiger partial charge in [0.2, 0.25) is 5.91 Å². The number of carboxylic acids is 1. The maximum atomic E-state index is 12.7.